The molecule has 8 heteroatoms. The third kappa shape index (κ3) is 8.20. The molecule has 1 aromatic rings. The third-order valence-electron chi connectivity index (χ3n) is 4.58. The van der Waals surface area contributed by atoms with E-state index in [1.54, 1.807) is 12.1 Å². The Morgan fingerprint density at radius 1 is 1.11 bits per heavy atom. The molecule has 1 amide bonds. The SMILES string of the molecule is CCCCN=C(NCC)NCCC(=O)N1CCN(c2ccc(F)cc2)CC1.I. The van der Waals surface area contributed by atoms with Crippen molar-refractivity contribution < 1.29 is 9.18 Å². The Bertz CT molecular complexity index is 603. The molecule has 1 fully saturated rings. The number of hydrogen-bond acceptors (Lipinski definition) is 3. The van der Waals surface area contributed by atoms with Gasteiger partial charge >= 0.3 is 0 Å². The summed E-state index contributed by atoms with van der Waals surface area (Å²) in [6, 6.07) is 6.53. The van der Waals surface area contributed by atoms with Gasteiger partial charge in [-0.05, 0) is 37.6 Å². The maximum Gasteiger partial charge on any atom is 0.224 e. The van der Waals surface area contributed by atoms with E-state index in [0.717, 1.165) is 50.7 Å². The number of aliphatic imine (C=N–C) groups is 1. The zero-order chi connectivity index (χ0) is 19.5. The number of carbonyl (C=O) groups is 1. The number of hydrogen-bond donors (Lipinski definition) is 2. The molecule has 0 spiro atoms. The number of nitrogens with zero attached hydrogens (tertiary/aromatic N) is 3. The number of carbonyl (C=O) groups excluding carboxylic acids is 1. The lowest BCUT2D eigenvalue weighted by atomic mass is 10.2. The highest BCUT2D eigenvalue weighted by Gasteiger charge is 2.21. The van der Waals surface area contributed by atoms with Crippen molar-refractivity contribution in [2.24, 2.45) is 4.99 Å². The van der Waals surface area contributed by atoms with Crippen molar-refractivity contribution in [2.45, 2.75) is 33.1 Å². The van der Waals surface area contributed by atoms with Crippen molar-refractivity contribution in [1.29, 1.82) is 0 Å². The van der Waals surface area contributed by atoms with E-state index in [0.29, 0.717) is 26.1 Å². The molecule has 2 rings (SSSR count). The second-order valence-electron chi connectivity index (χ2n) is 6.64. The second kappa shape index (κ2) is 13.6. The predicted octanol–water partition coefficient (Wildman–Crippen LogP) is 2.84. The lowest BCUT2D eigenvalue weighted by molar-refractivity contribution is -0.131. The molecule has 0 saturated carbocycles. The molecule has 1 aromatic carbocycles. The molecular formula is C20H33FIN5O. The average Bonchev–Trinajstić information content (AvgIpc) is 2.69. The maximum atomic E-state index is 13.0. The average molecular weight is 505 g/mol. The summed E-state index contributed by atoms with van der Waals surface area (Å²) in [6.07, 6.45) is 2.63. The highest BCUT2D eigenvalue weighted by atomic mass is 127. The summed E-state index contributed by atoms with van der Waals surface area (Å²) in [5, 5.41) is 6.44. The lowest BCUT2D eigenvalue weighted by Crippen LogP contribution is -2.49. The first-order valence-corrected chi connectivity index (χ1v) is 9.94. The topological polar surface area (TPSA) is 60.0 Å². The van der Waals surface area contributed by atoms with Gasteiger partial charge < -0.3 is 20.4 Å². The zero-order valence-electron chi connectivity index (χ0n) is 16.9. The van der Waals surface area contributed by atoms with Crippen molar-refractivity contribution in [2.75, 3.05) is 50.7 Å². The molecule has 2 N–H and O–H groups in total. The van der Waals surface area contributed by atoms with Gasteiger partial charge in [-0.15, -0.1) is 24.0 Å². The predicted molar refractivity (Wildman–Crippen MR) is 124 cm³/mol. The summed E-state index contributed by atoms with van der Waals surface area (Å²) in [5.74, 6) is 0.709. The van der Waals surface area contributed by atoms with Gasteiger partial charge in [-0.2, -0.15) is 0 Å². The summed E-state index contributed by atoms with van der Waals surface area (Å²) in [5.41, 5.74) is 1.00. The molecule has 0 aliphatic carbocycles. The Labute approximate surface area is 185 Å². The van der Waals surface area contributed by atoms with Crippen molar-refractivity contribution in [3.63, 3.8) is 0 Å². The van der Waals surface area contributed by atoms with Gasteiger partial charge in [0.15, 0.2) is 5.96 Å². The molecule has 158 valence electrons. The highest BCUT2D eigenvalue weighted by Crippen LogP contribution is 2.17. The summed E-state index contributed by atoms with van der Waals surface area (Å²) in [7, 11) is 0. The van der Waals surface area contributed by atoms with Crippen LogP contribution in [0.2, 0.25) is 0 Å². The van der Waals surface area contributed by atoms with Gasteiger partial charge in [-0.25, -0.2) is 4.39 Å². The van der Waals surface area contributed by atoms with E-state index in [2.05, 4.69) is 27.4 Å². The Morgan fingerprint density at radius 3 is 2.39 bits per heavy atom. The van der Waals surface area contributed by atoms with E-state index in [1.807, 2.05) is 11.8 Å². The number of amides is 1. The number of anilines is 1. The number of rotatable bonds is 8. The molecule has 0 unspecified atom stereocenters. The van der Waals surface area contributed by atoms with Crippen molar-refractivity contribution in [3.8, 4) is 0 Å². The van der Waals surface area contributed by atoms with Gasteiger partial charge in [0, 0.05) is 57.9 Å². The molecule has 0 radical (unpaired) electrons. The van der Waals surface area contributed by atoms with Crippen LogP contribution in [0.25, 0.3) is 0 Å². The first-order valence-electron chi connectivity index (χ1n) is 9.94. The zero-order valence-corrected chi connectivity index (χ0v) is 19.2. The number of unbranched alkanes of at least 4 members (excludes halogenated alkanes) is 1. The first-order chi connectivity index (χ1) is 13.1. The van der Waals surface area contributed by atoms with Crippen LogP contribution in [0, 0.1) is 5.82 Å². The monoisotopic (exact) mass is 505 g/mol. The fraction of sp³-hybridized carbons (Fsp3) is 0.600. The quantitative estimate of drug-likeness (QED) is 0.247. The van der Waals surface area contributed by atoms with Crippen LogP contribution in [0.1, 0.15) is 33.1 Å². The number of nitrogens with one attached hydrogen (secondary N) is 2. The normalized spacial score (nSPS) is 14.5. The maximum absolute atomic E-state index is 13.0. The van der Waals surface area contributed by atoms with E-state index >= 15 is 0 Å². The van der Waals surface area contributed by atoms with E-state index in [1.165, 1.54) is 12.1 Å². The Balaban J connectivity index is 0.00000392. The van der Waals surface area contributed by atoms with Crippen LogP contribution in [0.3, 0.4) is 0 Å². The minimum atomic E-state index is -0.227. The highest BCUT2D eigenvalue weighted by molar-refractivity contribution is 14.0. The fourth-order valence-corrected chi connectivity index (χ4v) is 3.00. The minimum absolute atomic E-state index is 0. The van der Waals surface area contributed by atoms with Crippen LogP contribution in [-0.2, 0) is 4.79 Å². The van der Waals surface area contributed by atoms with E-state index in [4.69, 9.17) is 0 Å². The van der Waals surface area contributed by atoms with Crippen molar-refractivity contribution >= 4 is 41.5 Å². The van der Waals surface area contributed by atoms with Gasteiger partial charge in [0.1, 0.15) is 5.82 Å². The Hall–Kier alpha value is -1.58. The Kier molecular flexibility index (Phi) is 11.9. The van der Waals surface area contributed by atoms with Crippen LogP contribution in [0.5, 0.6) is 0 Å². The first kappa shape index (κ1) is 24.5. The van der Waals surface area contributed by atoms with Gasteiger partial charge in [0.05, 0.1) is 0 Å². The van der Waals surface area contributed by atoms with Crippen molar-refractivity contribution in [1.82, 2.24) is 15.5 Å². The molecule has 1 saturated heterocycles. The third-order valence-corrected chi connectivity index (χ3v) is 4.58. The van der Waals surface area contributed by atoms with Gasteiger partial charge in [0.2, 0.25) is 5.91 Å². The molecule has 1 aliphatic heterocycles. The summed E-state index contributed by atoms with van der Waals surface area (Å²) in [4.78, 5) is 21.0. The number of piperazine rings is 1. The molecule has 0 atom stereocenters. The molecule has 28 heavy (non-hydrogen) atoms. The van der Waals surface area contributed by atoms with Gasteiger partial charge in [-0.1, -0.05) is 13.3 Å². The largest absolute Gasteiger partial charge is 0.368 e. The molecule has 0 aromatic heterocycles. The fourth-order valence-electron chi connectivity index (χ4n) is 3.00. The standard InChI is InChI=1S/C20H32FN5O.HI/c1-3-5-11-23-20(22-4-2)24-12-10-19(27)26-15-13-25(14-16-26)18-8-6-17(21)7-9-18;/h6-9H,3-5,10-16H2,1-2H3,(H2,22,23,24);1H. The summed E-state index contributed by atoms with van der Waals surface area (Å²) in [6.45, 7) is 9.28. The van der Waals surface area contributed by atoms with Gasteiger partial charge in [0.25, 0.3) is 0 Å². The van der Waals surface area contributed by atoms with Crippen LogP contribution >= 0.6 is 24.0 Å². The summed E-state index contributed by atoms with van der Waals surface area (Å²) >= 11 is 0. The van der Waals surface area contributed by atoms with E-state index in [9.17, 15) is 9.18 Å². The second-order valence-corrected chi connectivity index (χ2v) is 6.64. The lowest BCUT2D eigenvalue weighted by Gasteiger charge is -2.36. The van der Waals surface area contributed by atoms with E-state index < -0.39 is 0 Å². The van der Waals surface area contributed by atoms with Crippen LogP contribution in [0.15, 0.2) is 29.3 Å². The number of guanidine groups is 1. The molecule has 6 nitrogen and oxygen atoms in total. The van der Waals surface area contributed by atoms with E-state index in [-0.39, 0.29) is 35.7 Å². The molecule has 0 bridgehead atoms. The minimum Gasteiger partial charge on any atom is -0.368 e. The number of halogens is 2. The molecule has 1 aliphatic rings. The molecule has 1 heterocycles. The molecular weight excluding hydrogens is 472 g/mol. The van der Waals surface area contributed by atoms with Crippen molar-refractivity contribution in [3.05, 3.63) is 30.1 Å². The van der Waals surface area contributed by atoms with Crippen LogP contribution < -0.4 is 15.5 Å². The van der Waals surface area contributed by atoms with Crippen LogP contribution in [-0.4, -0.2) is 62.6 Å². The summed E-state index contributed by atoms with van der Waals surface area (Å²) < 4.78 is 13.0. The smallest absolute Gasteiger partial charge is 0.224 e. The Morgan fingerprint density at radius 2 is 1.79 bits per heavy atom. The van der Waals surface area contributed by atoms with Gasteiger partial charge in [-0.3, -0.25) is 9.79 Å². The number of benzene rings is 1. The van der Waals surface area contributed by atoms with Crippen LogP contribution in [0.4, 0.5) is 10.1 Å².